The van der Waals surface area contributed by atoms with Gasteiger partial charge in [-0.3, -0.25) is 0 Å². The molecule has 0 aromatic carbocycles. The summed E-state index contributed by atoms with van der Waals surface area (Å²) in [5.41, 5.74) is 7.48. The van der Waals surface area contributed by atoms with Crippen molar-refractivity contribution < 1.29 is 0 Å². The van der Waals surface area contributed by atoms with E-state index in [2.05, 4.69) is 10.9 Å². The Morgan fingerprint density at radius 1 is 1.24 bits per heavy atom. The molecule has 2 heterocycles. The molecule has 3 rings (SSSR count). The van der Waals surface area contributed by atoms with E-state index in [-0.39, 0.29) is 0 Å². The van der Waals surface area contributed by atoms with E-state index in [0.717, 1.165) is 21.1 Å². The third-order valence-electron chi connectivity index (χ3n) is 2.65. The molecular weight excluding hydrogens is 230 g/mol. The number of hydrogen-bond donors (Lipinski definition) is 1. The minimum absolute atomic E-state index is 0.534. The number of pyridine rings is 1. The monoisotopic (exact) mass is 238 g/mol. The standard InChI is InChI=1S/C13H8N3S/c14-7-11-12(15)9-5-6-10(16-13(9)17-11)8-3-1-2-4-8/h1-6H,15H2/q-1. The van der Waals surface area contributed by atoms with Gasteiger partial charge in [-0.05, 0) is 12.1 Å². The lowest BCUT2D eigenvalue weighted by Crippen LogP contribution is -2.07. The van der Waals surface area contributed by atoms with Gasteiger partial charge in [0.15, 0.2) is 0 Å². The van der Waals surface area contributed by atoms with Crippen LogP contribution in [0.4, 0.5) is 5.69 Å². The van der Waals surface area contributed by atoms with E-state index in [1.165, 1.54) is 11.3 Å². The largest absolute Gasteiger partial charge is 0.762 e. The number of fused-ring (bicyclic) bond motifs is 1. The molecule has 0 saturated carbocycles. The van der Waals surface area contributed by atoms with Crippen molar-refractivity contribution in [3.8, 4) is 0 Å². The van der Waals surface area contributed by atoms with Gasteiger partial charge in [0.25, 0.3) is 0 Å². The Hall–Kier alpha value is -2.16. The molecule has 0 atom stereocenters. The quantitative estimate of drug-likeness (QED) is 0.698. The van der Waals surface area contributed by atoms with Gasteiger partial charge in [0, 0.05) is 11.0 Å². The molecule has 0 unspecified atom stereocenters. The topological polar surface area (TPSA) is 61.2 Å². The van der Waals surface area contributed by atoms with Crippen LogP contribution in [0.3, 0.4) is 0 Å². The lowest BCUT2D eigenvalue weighted by molar-refractivity contribution is 1.34. The van der Waals surface area contributed by atoms with E-state index in [1.54, 1.807) is 0 Å². The molecule has 2 aromatic heterocycles. The molecule has 3 nitrogen and oxygen atoms in total. The van der Waals surface area contributed by atoms with Crippen LogP contribution < -0.4 is 15.6 Å². The van der Waals surface area contributed by atoms with Crippen LogP contribution >= 0.6 is 11.3 Å². The Labute approximate surface area is 101 Å². The predicted octanol–water partition coefficient (Wildman–Crippen LogP) is 1.07. The molecule has 4 heteroatoms. The molecule has 0 fully saturated rings. The highest BCUT2D eigenvalue weighted by molar-refractivity contribution is 7.17. The van der Waals surface area contributed by atoms with Gasteiger partial charge in [-0.25, -0.2) is 10.9 Å². The summed E-state index contributed by atoms with van der Waals surface area (Å²) in [5.74, 6) is 2.09. The number of anilines is 1. The van der Waals surface area contributed by atoms with E-state index in [1.807, 2.05) is 36.4 Å². The average molecular weight is 238 g/mol. The molecule has 17 heavy (non-hydrogen) atoms. The molecule has 0 amide bonds. The van der Waals surface area contributed by atoms with Crippen molar-refractivity contribution in [2.24, 2.45) is 0 Å². The summed E-state index contributed by atoms with van der Waals surface area (Å²) in [6.45, 7) is 0. The zero-order chi connectivity index (χ0) is 11.8. The highest BCUT2D eigenvalue weighted by Crippen LogP contribution is 2.19. The van der Waals surface area contributed by atoms with E-state index < -0.39 is 0 Å². The highest BCUT2D eigenvalue weighted by atomic mass is 32.1. The zero-order valence-electron chi connectivity index (χ0n) is 8.84. The second kappa shape index (κ2) is 3.70. The van der Waals surface area contributed by atoms with Crippen LogP contribution in [0.5, 0.6) is 0 Å². The molecule has 1 aliphatic rings. The maximum Gasteiger partial charge on any atom is 0.127 e. The summed E-state index contributed by atoms with van der Waals surface area (Å²) in [4.78, 5) is 5.35. The molecule has 1 aliphatic carbocycles. The Kier molecular flexibility index (Phi) is 2.18. The fourth-order valence-electron chi connectivity index (χ4n) is 1.79. The van der Waals surface area contributed by atoms with E-state index >= 15 is 0 Å². The van der Waals surface area contributed by atoms with Gasteiger partial charge < -0.3 is 11.1 Å². The average Bonchev–Trinajstić information content (AvgIpc) is 2.97. The fourth-order valence-corrected chi connectivity index (χ4v) is 2.68. The summed E-state index contributed by atoms with van der Waals surface area (Å²) >= 11 is 1.34. The van der Waals surface area contributed by atoms with Crippen molar-refractivity contribution in [2.75, 3.05) is 5.73 Å². The number of nitrogen functional groups attached to an aromatic ring is 1. The van der Waals surface area contributed by atoms with Crippen LogP contribution in [0.2, 0.25) is 0 Å². The number of aromatic nitrogens is 1. The van der Waals surface area contributed by atoms with E-state index in [9.17, 15) is 0 Å². The normalized spacial score (nSPS) is 13.5. The van der Waals surface area contributed by atoms with Crippen LogP contribution in [-0.4, -0.2) is 10.9 Å². The van der Waals surface area contributed by atoms with Gasteiger partial charge in [0.05, 0.1) is 15.6 Å². The van der Waals surface area contributed by atoms with Crippen LogP contribution in [0.15, 0.2) is 36.4 Å². The highest BCUT2D eigenvalue weighted by Gasteiger charge is 2.04. The van der Waals surface area contributed by atoms with Gasteiger partial charge >= 0.3 is 0 Å². The SMILES string of the molecule is [N-]=C=c1sc2nc(=C3C=CC=C3)ccc2c1N. The third kappa shape index (κ3) is 1.51. The number of nitrogens with zero attached hydrogens (tertiary/aromatic N) is 2. The second-order valence-corrected chi connectivity index (χ2v) is 4.68. The number of nitrogens with two attached hydrogens (primary N) is 1. The number of hydrogen-bond acceptors (Lipinski definition) is 3. The summed E-state index contributed by atoms with van der Waals surface area (Å²) in [7, 11) is 0. The van der Waals surface area contributed by atoms with Crippen molar-refractivity contribution in [3.05, 3.63) is 51.7 Å². The first-order valence-corrected chi connectivity index (χ1v) is 5.92. The number of rotatable bonds is 0. The van der Waals surface area contributed by atoms with E-state index in [0.29, 0.717) is 10.2 Å². The fraction of sp³-hybridized carbons (Fsp3) is 0. The molecule has 2 N–H and O–H groups in total. The second-order valence-electron chi connectivity index (χ2n) is 3.68. The maximum atomic E-state index is 8.93. The molecule has 0 saturated heterocycles. The molecular formula is C13H8N3S-. The zero-order valence-corrected chi connectivity index (χ0v) is 9.66. The Morgan fingerprint density at radius 2 is 2.00 bits per heavy atom. The predicted molar refractivity (Wildman–Crippen MR) is 72.4 cm³/mol. The molecule has 0 spiro atoms. The van der Waals surface area contributed by atoms with Crippen molar-refractivity contribution >= 4 is 38.7 Å². The molecule has 0 aliphatic heterocycles. The van der Waals surface area contributed by atoms with Crippen molar-refractivity contribution in [2.45, 2.75) is 0 Å². The molecule has 82 valence electrons. The Bertz CT molecular complexity index is 791. The molecule has 0 bridgehead atoms. The number of allylic oxidation sites excluding steroid dienone is 4. The first-order chi connectivity index (χ1) is 8.29. The summed E-state index contributed by atoms with van der Waals surface area (Å²) in [6, 6.07) is 3.86. The van der Waals surface area contributed by atoms with Gasteiger partial charge in [0.1, 0.15) is 4.83 Å². The van der Waals surface area contributed by atoms with Crippen molar-refractivity contribution in [1.82, 2.24) is 4.98 Å². The third-order valence-corrected chi connectivity index (χ3v) is 3.67. The molecule has 2 aromatic rings. The maximum absolute atomic E-state index is 8.93. The van der Waals surface area contributed by atoms with Crippen LogP contribution in [0, 0.1) is 0 Å². The van der Waals surface area contributed by atoms with Gasteiger partial charge in [-0.15, -0.1) is 11.3 Å². The minimum Gasteiger partial charge on any atom is -0.762 e. The lowest BCUT2D eigenvalue weighted by atomic mass is 10.2. The van der Waals surface area contributed by atoms with Crippen LogP contribution in [0.1, 0.15) is 0 Å². The van der Waals surface area contributed by atoms with Gasteiger partial charge in [-0.2, -0.15) is 0 Å². The Balaban J connectivity index is 2.43. The first kappa shape index (κ1) is 10.0. The van der Waals surface area contributed by atoms with Crippen LogP contribution in [-0.2, 0) is 0 Å². The Morgan fingerprint density at radius 3 is 2.71 bits per heavy atom. The number of thiophene rings is 1. The van der Waals surface area contributed by atoms with Crippen molar-refractivity contribution in [1.29, 1.82) is 0 Å². The minimum atomic E-state index is 0.534. The summed E-state index contributed by atoms with van der Waals surface area (Å²) in [5, 5.41) is 10.7. The van der Waals surface area contributed by atoms with E-state index in [4.69, 9.17) is 11.1 Å². The lowest BCUT2D eigenvalue weighted by Gasteiger charge is -1.93. The smallest absolute Gasteiger partial charge is 0.127 e. The van der Waals surface area contributed by atoms with Crippen molar-refractivity contribution in [3.63, 3.8) is 0 Å². The summed E-state index contributed by atoms with van der Waals surface area (Å²) < 4.78 is 0.534. The van der Waals surface area contributed by atoms with Gasteiger partial charge in [0.2, 0.25) is 0 Å². The summed E-state index contributed by atoms with van der Waals surface area (Å²) in [6.07, 6.45) is 7.97. The first-order valence-electron chi connectivity index (χ1n) is 5.11. The molecule has 0 radical (unpaired) electrons. The van der Waals surface area contributed by atoms with Gasteiger partial charge in [-0.1, -0.05) is 24.3 Å². The van der Waals surface area contributed by atoms with Crippen LogP contribution in [0.25, 0.3) is 21.2 Å².